The average Bonchev–Trinajstić information content (AvgIpc) is 3.04. The molecular formula is C19H26N2O2. The highest BCUT2D eigenvalue weighted by Crippen LogP contribution is 2.20. The molecule has 0 bridgehead atoms. The van der Waals surface area contributed by atoms with Crippen molar-refractivity contribution >= 4 is 5.91 Å². The summed E-state index contributed by atoms with van der Waals surface area (Å²) >= 11 is 0. The second kappa shape index (κ2) is 7.07. The number of carbonyl (C=O) groups is 1. The lowest BCUT2D eigenvalue weighted by molar-refractivity contribution is 0.0932. The van der Waals surface area contributed by atoms with Crippen molar-refractivity contribution in [3.05, 3.63) is 47.2 Å². The van der Waals surface area contributed by atoms with E-state index in [0.29, 0.717) is 12.6 Å². The molecule has 1 fully saturated rings. The van der Waals surface area contributed by atoms with Crippen LogP contribution in [-0.2, 0) is 6.54 Å². The lowest BCUT2D eigenvalue weighted by Crippen LogP contribution is -2.34. The molecule has 4 nitrogen and oxygen atoms in total. The summed E-state index contributed by atoms with van der Waals surface area (Å²) in [5.74, 6) is 0.971. The number of aromatic nitrogens is 1. The summed E-state index contributed by atoms with van der Waals surface area (Å²) in [7, 11) is 0. The fourth-order valence-corrected chi connectivity index (χ4v) is 3.52. The molecule has 1 saturated carbocycles. The Labute approximate surface area is 137 Å². The van der Waals surface area contributed by atoms with E-state index in [1.807, 2.05) is 32.0 Å². The minimum Gasteiger partial charge on any atom is -0.467 e. The summed E-state index contributed by atoms with van der Waals surface area (Å²) in [5, 5.41) is 3.24. The molecule has 2 aromatic heterocycles. The largest absolute Gasteiger partial charge is 0.467 e. The third-order valence-corrected chi connectivity index (χ3v) is 4.90. The van der Waals surface area contributed by atoms with Crippen LogP contribution < -0.4 is 5.32 Å². The highest BCUT2D eigenvalue weighted by Gasteiger charge is 2.20. The van der Waals surface area contributed by atoms with Crippen molar-refractivity contribution in [2.24, 2.45) is 0 Å². The Morgan fingerprint density at radius 2 is 2.00 bits per heavy atom. The second-order valence-electron chi connectivity index (χ2n) is 6.61. The summed E-state index contributed by atoms with van der Waals surface area (Å²) in [6.07, 6.45) is 8.94. The van der Waals surface area contributed by atoms with Gasteiger partial charge in [-0.1, -0.05) is 25.7 Å². The van der Waals surface area contributed by atoms with Crippen molar-refractivity contribution in [1.29, 1.82) is 0 Å². The van der Waals surface area contributed by atoms with Crippen LogP contribution in [0.2, 0.25) is 0 Å². The Balaban J connectivity index is 1.73. The van der Waals surface area contributed by atoms with Gasteiger partial charge in [0.15, 0.2) is 0 Å². The average molecular weight is 314 g/mol. The van der Waals surface area contributed by atoms with Gasteiger partial charge in [-0.3, -0.25) is 4.79 Å². The predicted molar refractivity (Wildman–Crippen MR) is 90.7 cm³/mol. The van der Waals surface area contributed by atoms with Gasteiger partial charge in [0, 0.05) is 17.4 Å². The standard InChI is InChI=1S/C19H26N2O2/c1-14-12-18(15(2)21(14)13-17-10-7-11-23-17)19(22)20-16-8-5-3-4-6-9-16/h7,10-12,16H,3-6,8-9,13H2,1-2H3,(H,20,22). The Hall–Kier alpha value is -1.97. The first-order valence-electron chi connectivity index (χ1n) is 8.65. The molecule has 1 aliphatic carbocycles. The quantitative estimate of drug-likeness (QED) is 0.860. The minimum absolute atomic E-state index is 0.0655. The lowest BCUT2D eigenvalue weighted by atomic mass is 10.1. The van der Waals surface area contributed by atoms with Crippen LogP contribution in [0.25, 0.3) is 0 Å². The fourth-order valence-electron chi connectivity index (χ4n) is 3.52. The first kappa shape index (κ1) is 15.9. The molecule has 1 aliphatic rings. The van der Waals surface area contributed by atoms with Crippen molar-refractivity contribution in [2.75, 3.05) is 0 Å². The number of aryl methyl sites for hydroxylation is 1. The van der Waals surface area contributed by atoms with Gasteiger partial charge in [-0.2, -0.15) is 0 Å². The first-order chi connectivity index (χ1) is 11.1. The number of amides is 1. The van der Waals surface area contributed by atoms with E-state index in [4.69, 9.17) is 4.42 Å². The number of furan rings is 1. The molecule has 4 heteroatoms. The van der Waals surface area contributed by atoms with Gasteiger partial charge < -0.3 is 14.3 Å². The zero-order chi connectivity index (χ0) is 16.2. The molecule has 0 aliphatic heterocycles. The number of nitrogens with one attached hydrogen (secondary N) is 1. The summed E-state index contributed by atoms with van der Waals surface area (Å²) < 4.78 is 7.57. The fraction of sp³-hybridized carbons (Fsp3) is 0.526. The van der Waals surface area contributed by atoms with E-state index in [9.17, 15) is 4.79 Å². The van der Waals surface area contributed by atoms with Crippen LogP contribution in [0, 0.1) is 13.8 Å². The van der Waals surface area contributed by atoms with Crippen molar-refractivity contribution in [1.82, 2.24) is 9.88 Å². The van der Waals surface area contributed by atoms with E-state index in [-0.39, 0.29) is 5.91 Å². The van der Waals surface area contributed by atoms with Crippen LogP contribution in [0.4, 0.5) is 0 Å². The number of carbonyl (C=O) groups excluding carboxylic acids is 1. The Morgan fingerprint density at radius 1 is 1.26 bits per heavy atom. The van der Waals surface area contributed by atoms with Crippen LogP contribution >= 0.6 is 0 Å². The van der Waals surface area contributed by atoms with Gasteiger partial charge in [-0.25, -0.2) is 0 Å². The number of nitrogens with zero attached hydrogens (tertiary/aromatic N) is 1. The van der Waals surface area contributed by atoms with Gasteiger partial charge in [0.2, 0.25) is 0 Å². The zero-order valence-electron chi connectivity index (χ0n) is 14.1. The van der Waals surface area contributed by atoms with E-state index in [1.165, 1.54) is 25.7 Å². The van der Waals surface area contributed by atoms with Crippen LogP contribution in [0.1, 0.15) is 66.0 Å². The first-order valence-corrected chi connectivity index (χ1v) is 8.65. The van der Waals surface area contributed by atoms with Crippen molar-refractivity contribution < 1.29 is 9.21 Å². The molecule has 23 heavy (non-hydrogen) atoms. The molecule has 2 aromatic rings. The van der Waals surface area contributed by atoms with Gasteiger partial charge in [-0.05, 0) is 44.9 Å². The van der Waals surface area contributed by atoms with Gasteiger partial charge in [0.05, 0.1) is 18.4 Å². The van der Waals surface area contributed by atoms with Crippen LogP contribution in [0.3, 0.4) is 0 Å². The minimum atomic E-state index is 0.0655. The highest BCUT2D eigenvalue weighted by atomic mass is 16.3. The molecule has 0 radical (unpaired) electrons. The molecule has 3 rings (SSSR count). The summed E-state index contributed by atoms with van der Waals surface area (Å²) in [6.45, 7) is 4.72. The Bertz CT molecular complexity index is 647. The maximum Gasteiger partial charge on any atom is 0.253 e. The molecule has 0 spiro atoms. The SMILES string of the molecule is Cc1cc(C(=O)NC2CCCCCC2)c(C)n1Cc1ccco1. The van der Waals surface area contributed by atoms with Crippen molar-refractivity contribution in [3.63, 3.8) is 0 Å². The summed E-state index contributed by atoms with van der Waals surface area (Å²) in [5.41, 5.74) is 2.88. The Morgan fingerprint density at radius 3 is 2.65 bits per heavy atom. The smallest absolute Gasteiger partial charge is 0.253 e. The summed E-state index contributed by atoms with van der Waals surface area (Å²) in [6, 6.07) is 6.18. The van der Waals surface area contributed by atoms with Gasteiger partial charge in [-0.15, -0.1) is 0 Å². The number of hydrogen-bond acceptors (Lipinski definition) is 2. The predicted octanol–water partition coefficient (Wildman–Crippen LogP) is 4.20. The van der Waals surface area contributed by atoms with Gasteiger partial charge in [0.25, 0.3) is 5.91 Å². The topological polar surface area (TPSA) is 47.2 Å². The maximum atomic E-state index is 12.7. The lowest BCUT2D eigenvalue weighted by Gasteiger charge is -2.16. The normalized spacial score (nSPS) is 16.3. The molecule has 2 heterocycles. The monoisotopic (exact) mass is 314 g/mol. The molecular weight excluding hydrogens is 288 g/mol. The van der Waals surface area contributed by atoms with Crippen LogP contribution in [-0.4, -0.2) is 16.5 Å². The van der Waals surface area contributed by atoms with E-state index in [2.05, 4.69) is 9.88 Å². The van der Waals surface area contributed by atoms with E-state index >= 15 is 0 Å². The molecule has 0 saturated heterocycles. The van der Waals surface area contributed by atoms with E-state index in [1.54, 1.807) is 6.26 Å². The second-order valence-corrected chi connectivity index (χ2v) is 6.61. The molecule has 1 amide bonds. The van der Waals surface area contributed by atoms with Crippen LogP contribution in [0.5, 0.6) is 0 Å². The van der Waals surface area contributed by atoms with E-state index < -0.39 is 0 Å². The molecule has 0 unspecified atom stereocenters. The summed E-state index contributed by atoms with van der Waals surface area (Å²) in [4.78, 5) is 12.7. The number of hydrogen-bond donors (Lipinski definition) is 1. The van der Waals surface area contributed by atoms with Crippen molar-refractivity contribution in [2.45, 2.75) is 65.0 Å². The molecule has 0 atom stereocenters. The highest BCUT2D eigenvalue weighted by molar-refractivity contribution is 5.95. The van der Waals surface area contributed by atoms with Crippen molar-refractivity contribution in [3.8, 4) is 0 Å². The maximum absolute atomic E-state index is 12.7. The molecule has 1 N–H and O–H groups in total. The third kappa shape index (κ3) is 3.69. The number of rotatable bonds is 4. The van der Waals surface area contributed by atoms with Crippen LogP contribution in [0.15, 0.2) is 28.9 Å². The Kier molecular flexibility index (Phi) is 4.89. The molecule has 0 aromatic carbocycles. The molecule has 124 valence electrons. The zero-order valence-corrected chi connectivity index (χ0v) is 14.1. The van der Waals surface area contributed by atoms with Gasteiger partial charge in [0.1, 0.15) is 5.76 Å². The third-order valence-electron chi connectivity index (χ3n) is 4.90. The van der Waals surface area contributed by atoms with Gasteiger partial charge >= 0.3 is 0 Å². The van der Waals surface area contributed by atoms with E-state index in [0.717, 1.165) is 35.6 Å².